The van der Waals surface area contributed by atoms with Gasteiger partial charge in [0.15, 0.2) is 33.3 Å². The first-order valence-corrected chi connectivity index (χ1v) is 20.8. The van der Waals surface area contributed by atoms with E-state index in [1.165, 1.54) is 24.3 Å². The summed E-state index contributed by atoms with van der Waals surface area (Å²) in [4.78, 5) is 84.8. The van der Waals surface area contributed by atoms with Crippen molar-refractivity contribution in [3.63, 3.8) is 0 Å². The van der Waals surface area contributed by atoms with Crippen LogP contribution in [0.3, 0.4) is 0 Å². The van der Waals surface area contributed by atoms with Crippen LogP contribution in [-0.2, 0) is 44.5 Å². The van der Waals surface area contributed by atoms with E-state index in [4.69, 9.17) is 64.3 Å². The first kappa shape index (κ1) is 49.7. The minimum absolute atomic E-state index is 0.00216. The molecule has 0 aromatic heterocycles. The van der Waals surface area contributed by atoms with Gasteiger partial charge in [-0.15, -0.1) is 0 Å². The number of aliphatic carboxylic acids is 2. The zero-order valence-corrected chi connectivity index (χ0v) is 33.8. The van der Waals surface area contributed by atoms with Crippen LogP contribution in [-0.4, -0.2) is 88.9 Å². The Labute approximate surface area is 342 Å². The predicted octanol–water partition coefficient (Wildman–Crippen LogP) is 6.09. The molecule has 58 heavy (non-hydrogen) atoms. The second-order valence-electron chi connectivity index (χ2n) is 11.9. The fraction of sp³-hybridized carbons (Fsp3) is 0.294. The molecule has 0 unspecified atom stereocenters. The summed E-state index contributed by atoms with van der Waals surface area (Å²) in [5, 5.41) is 18.4. The van der Waals surface area contributed by atoms with Crippen LogP contribution in [0.5, 0.6) is 11.5 Å². The number of sulfone groups is 1. The minimum atomic E-state index is -4.56. The summed E-state index contributed by atoms with van der Waals surface area (Å²) in [5.41, 5.74) is -1.12. The molecule has 1 fully saturated rings. The molecule has 1 atom stereocenters. The van der Waals surface area contributed by atoms with Gasteiger partial charge in [0.25, 0.3) is 0 Å². The van der Waals surface area contributed by atoms with Crippen molar-refractivity contribution in [2.75, 3.05) is 19.1 Å². The summed E-state index contributed by atoms with van der Waals surface area (Å²) < 4.78 is 81.0. The summed E-state index contributed by atoms with van der Waals surface area (Å²) >= 11 is 17.7. The highest BCUT2D eigenvalue weighted by atomic mass is 35.5. The van der Waals surface area contributed by atoms with Gasteiger partial charge in [-0.1, -0.05) is 34.8 Å². The van der Waals surface area contributed by atoms with Crippen molar-refractivity contribution in [3.05, 3.63) is 86.4 Å². The SMILES string of the molecule is CS(=O)(=O)c1ccc(C(=O)C2C(=O)CCCC2=O)c(Cl)c1.C[C@H](OC(=O)c1cc(Oc2ccc(C(F)(F)F)cc2Cl)ccc1Cl)C(=O)O.O=C(O)CNCP(=O)(O)O. The van der Waals surface area contributed by atoms with E-state index >= 15 is 0 Å². The number of benzene rings is 3. The molecule has 0 spiro atoms. The Morgan fingerprint density at radius 2 is 1.50 bits per heavy atom. The lowest BCUT2D eigenvalue weighted by atomic mass is 9.82. The molecule has 24 heteroatoms. The van der Waals surface area contributed by atoms with Gasteiger partial charge in [-0.3, -0.25) is 29.1 Å². The van der Waals surface area contributed by atoms with Crippen LogP contribution in [0, 0.1) is 5.92 Å². The van der Waals surface area contributed by atoms with Gasteiger partial charge in [-0.05, 0) is 67.9 Å². The summed E-state index contributed by atoms with van der Waals surface area (Å²) in [6.45, 7) is 0.724. The summed E-state index contributed by atoms with van der Waals surface area (Å²) in [6.07, 6.45) is -4.68. The normalized spacial score (nSPS) is 13.9. The standard InChI is InChI=1S/C17H11Cl2F3O5.C14H13ClO5S.C3H8NO5P/c1-8(15(23)24)26-16(25)11-7-10(3-4-12(11)18)27-14-5-2-9(6-13(14)19)17(20,21)22;1-21(19,20)8-5-6-9(10(15)7-8)14(18)13-11(16)3-2-4-12(13)17;5-3(6)1-4-2-10(7,8)9/h2-8H,1H3,(H,23,24);5-7,13H,2-4H2,1H3;4H,1-2H2,(H,5,6)(H2,7,8,9)/t8-;;/m0../s1. The first-order chi connectivity index (χ1) is 26.6. The summed E-state index contributed by atoms with van der Waals surface area (Å²) in [5.74, 6) is -6.30. The quantitative estimate of drug-likeness (QED) is 0.0595. The maximum atomic E-state index is 12.7. The van der Waals surface area contributed by atoms with Gasteiger partial charge in [0.05, 0.1) is 43.9 Å². The molecular formula is C34H32Cl3F3NO15PS. The lowest BCUT2D eigenvalue weighted by molar-refractivity contribution is -0.146. The number of ketones is 3. The topological polar surface area (TPSA) is 265 Å². The van der Waals surface area contributed by atoms with Crippen LogP contribution < -0.4 is 10.1 Å². The number of hydrogen-bond acceptors (Lipinski definition) is 12. The van der Waals surface area contributed by atoms with Crippen molar-refractivity contribution in [1.29, 1.82) is 0 Å². The number of halogens is 6. The van der Waals surface area contributed by atoms with Gasteiger partial charge in [-0.2, -0.15) is 13.2 Å². The Hall–Kier alpha value is -4.40. The molecule has 16 nitrogen and oxygen atoms in total. The van der Waals surface area contributed by atoms with Gasteiger partial charge in [0, 0.05) is 24.7 Å². The van der Waals surface area contributed by atoms with Crippen LogP contribution in [0.2, 0.25) is 15.1 Å². The molecule has 1 aliphatic rings. The van der Waals surface area contributed by atoms with E-state index in [0.29, 0.717) is 12.5 Å². The number of hydrogen-bond donors (Lipinski definition) is 5. The maximum absolute atomic E-state index is 12.7. The lowest BCUT2D eigenvalue weighted by Gasteiger charge is -2.18. The average molecular weight is 921 g/mol. The van der Waals surface area contributed by atoms with E-state index in [-0.39, 0.29) is 55.4 Å². The molecule has 4 rings (SSSR count). The number of alkyl halides is 3. The third kappa shape index (κ3) is 15.7. The molecule has 316 valence electrons. The summed E-state index contributed by atoms with van der Waals surface area (Å²) in [7, 11) is -7.54. The highest BCUT2D eigenvalue weighted by molar-refractivity contribution is 7.90. The number of nitrogens with one attached hydrogen (secondary N) is 1. The van der Waals surface area contributed by atoms with Crippen LogP contribution in [0.1, 0.15) is 52.5 Å². The van der Waals surface area contributed by atoms with Gasteiger partial charge in [0.1, 0.15) is 17.4 Å². The van der Waals surface area contributed by atoms with Gasteiger partial charge in [-0.25, -0.2) is 18.0 Å². The average Bonchev–Trinajstić information content (AvgIpc) is 3.08. The zero-order valence-electron chi connectivity index (χ0n) is 29.8. The van der Waals surface area contributed by atoms with Crippen molar-refractivity contribution in [2.24, 2.45) is 5.92 Å². The number of esters is 1. The van der Waals surface area contributed by atoms with E-state index in [9.17, 15) is 54.9 Å². The molecular weight excluding hydrogens is 889 g/mol. The molecule has 1 saturated carbocycles. The summed E-state index contributed by atoms with van der Waals surface area (Å²) in [6, 6.07) is 9.98. The Morgan fingerprint density at radius 1 is 0.897 bits per heavy atom. The largest absolute Gasteiger partial charge is 0.480 e. The van der Waals surface area contributed by atoms with Crippen molar-refractivity contribution < 1.29 is 84.4 Å². The zero-order chi connectivity index (χ0) is 44.3. The highest BCUT2D eigenvalue weighted by Gasteiger charge is 2.37. The van der Waals surface area contributed by atoms with Crippen molar-refractivity contribution >= 4 is 87.5 Å². The number of carboxylic acids is 2. The smallest absolute Gasteiger partial charge is 0.416 e. The van der Waals surface area contributed by atoms with Crippen molar-refractivity contribution in [3.8, 4) is 11.5 Å². The van der Waals surface area contributed by atoms with Gasteiger partial charge < -0.3 is 29.5 Å². The van der Waals surface area contributed by atoms with Crippen LogP contribution in [0.25, 0.3) is 0 Å². The highest BCUT2D eigenvalue weighted by Crippen LogP contribution is 2.37. The van der Waals surface area contributed by atoms with Crippen LogP contribution in [0.15, 0.2) is 59.5 Å². The van der Waals surface area contributed by atoms with E-state index in [0.717, 1.165) is 37.4 Å². The number of carbonyl (C=O) groups is 6. The fourth-order valence-electron chi connectivity index (χ4n) is 4.47. The molecule has 5 N–H and O–H groups in total. The molecule has 1 aliphatic carbocycles. The Balaban J connectivity index is 0.000000331. The first-order valence-electron chi connectivity index (χ1n) is 16.0. The molecule has 3 aromatic rings. The van der Waals surface area contributed by atoms with Gasteiger partial charge >= 0.3 is 31.7 Å². The Morgan fingerprint density at radius 3 is 1.98 bits per heavy atom. The van der Waals surface area contributed by atoms with Crippen LogP contribution >= 0.6 is 42.4 Å². The second-order valence-corrected chi connectivity index (χ2v) is 16.8. The van der Waals surface area contributed by atoms with Crippen LogP contribution in [0.4, 0.5) is 13.2 Å². The Kier molecular flexibility index (Phi) is 18.0. The minimum Gasteiger partial charge on any atom is -0.480 e. The van der Waals surface area contributed by atoms with E-state index in [1.54, 1.807) is 0 Å². The maximum Gasteiger partial charge on any atom is 0.416 e. The van der Waals surface area contributed by atoms with E-state index < -0.39 is 89.3 Å². The molecule has 0 bridgehead atoms. The van der Waals surface area contributed by atoms with Gasteiger partial charge in [0.2, 0.25) is 0 Å². The molecule has 0 radical (unpaired) electrons. The third-order valence-electron chi connectivity index (χ3n) is 7.26. The number of Topliss-reactive ketones (excluding diaryl/α,β-unsaturated/α-hetero) is 3. The molecule has 0 aliphatic heterocycles. The molecule has 0 amide bonds. The second kappa shape index (κ2) is 21.0. The molecule has 3 aromatic carbocycles. The number of ether oxygens (including phenoxy) is 2. The number of carbonyl (C=O) groups excluding carboxylic acids is 4. The Bertz CT molecular complexity index is 2220. The van der Waals surface area contributed by atoms with E-state index in [2.05, 4.69) is 5.32 Å². The van der Waals surface area contributed by atoms with Crippen molar-refractivity contribution in [1.82, 2.24) is 5.32 Å². The number of carboxylic acid groups (broad SMARTS) is 2. The van der Waals surface area contributed by atoms with E-state index in [1.807, 2.05) is 0 Å². The molecule has 0 heterocycles. The number of rotatable bonds is 12. The lowest BCUT2D eigenvalue weighted by Crippen LogP contribution is -2.35. The fourth-order valence-corrected chi connectivity index (χ4v) is 6.28. The monoisotopic (exact) mass is 919 g/mol. The third-order valence-corrected chi connectivity index (χ3v) is 9.94. The van der Waals surface area contributed by atoms with Crippen molar-refractivity contribution in [2.45, 2.75) is 43.4 Å². The molecule has 0 saturated heterocycles. The predicted molar refractivity (Wildman–Crippen MR) is 199 cm³/mol.